The van der Waals surface area contributed by atoms with Gasteiger partial charge in [-0.05, 0) is 31.9 Å². The van der Waals surface area contributed by atoms with Crippen molar-refractivity contribution < 1.29 is 4.79 Å². The van der Waals surface area contributed by atoms with Crippen LogP contribution in [0.3, 0.4) is 0 Å². The van der Waals surface area contributed by atoms with Gasteiger partial charge in [0.15, 0.2) is 0 Å². The molecule has 1 heterocycles. The molecule has 0 aliphatic heterocycles. The molecule has 0 saturated heterocycles. The molecule has 0 spiro atoms. The van der Waals surface area contributed by atoms with E-state index in [1.165, 1.54) is 0 Å². The first-order valence-corrected chi connectivity index (χ1v) is 8.99. The van der Waals surface area contributed by atoms with E-state index in [4.69, 9.17) is 4.98 Å². The zero-order valence-corrected chi connectivity index (χ0v) is 15.7. The highest BCUT2D eigenvalue weighted by atomic mass is 79.9. The van der Waals surface area contributed by atoms with Gasteiger partial charge in [-0.25, -0.2) is 4.98 Å². The Balaban J connectivity index is 1.89. The number of hydrogen-bond donors (Lipinski definition) is 1. The number of unbranched alkanes of at least 4 members (excludes halogenated alkanes) is 2. The predicted molar refractivity (Wildman–Crippen MR) is 103 cm³/mol. The summed E-state index contributed by atoms with van der Waals surface area (Å²) >= 11 is 3.45. The molecule has 0 aliphatic rings. The lowest BCUT2D eigenvalue weighted by molar-refractivity contribution is -0.117. The average Bonchev–Trinajstić information content (AvgIpc) is 2.87. The molecule has 24 heavy (non-hydrogen) atoms. The number of allylic oxidation sites excluding steroid dienone is 1. The second-order valence-corrected chi connectivity index (χ2v) is 7.09. The second kappa shape index (κ2) is 8.83. The molecular weight excluding hydrogens is 366 g/mol. The topological polar surface area (TPSA) is 46.9 Å². The third-order valence-electron chi connectivity index (χ3n) is 3.81. The summed E-state index contributed by atoms with van der Waals surface area (Å²) in [5.41, 5.74) is 2.72. The van der Waals surface area contributed by atoms with Gasteiger partial charge in [0, 0.05) is 23.0 Å². The van der Waals surface area contributed by atoms with E-state index in [0.717, 1.165) is 53.6 Å². The minimum absolute atomic E-state index is 0.0624. The quantitative estimate of drug-likeness (QED) is 0.511. The van der Waals surface area contributed by atoms with Crippen LogP contribution in [0.1, 0.15) is 32.0 Å². The summed E-state index contributed by atoms with van der Waals surface area (Å²) in [6.45, 7) is 10.7. The molecule has 4 nitrogen and oxygen atoms in total. The van der Waals surface area contributed by atoms with Crippen molar-refractivity contribution in [3.05, 3.63) is 53.3 Å². The molecule has 2 aromatic rings. The van der Waals surface area contributed by atoms with Gasteiger partial charge in [-0.15, -0.1) is 0 Å². The van der Waals surface area contributed by atoms with E-state index in [0.29, 0.717) is 12.1 Å². The summed E-state index contributed by atoms with van der Waals surface area (Å²) in [5.74, 6) is 1.02. The van der Waals surface area contributed by atoms with Gasteiger partial charge in [0.2, 0.25) is 5.91 Å². The molecule has 1 amide bonds. The molecule has 1 aromatic heterocycles. The lowest BCUT2D eigenvalue weighted by atomic mass is 10.2. The molecule has 0 saturated carbocycles. The largest absolute Gasteiger partial charge is 0.352 e. The molecule has 0 fully saturated rings. The van der Waals surface area contributed by atoms with Crippen molar-refractivity contribution in [1.82, 2.24) is 14.9 Å². The van der Waals surface area contributed by atoms with Crippen molar-refractivity contribution in [3.63, 3.8) is 0 Å². The normalized spacial score (nSPS) is 10.8. The maximum absolute atomic E-state index is 11.4. The van der Waals surface area contributed by atoms with Crippen LogP contribution in [0.5, 0.6) is 0 Å². The van der Waals surface area contributed by atoms with E-state index in [1.807, 2.05) is 18.2 Å². The third-order valence-corrected chi connectivity index (χ3v) is 4.06. The molecule has 0 bridgehead atoms. The van der Waals surface area contributed by atoms with Crippen molar-refractivity contribution in [3.8, 4) is 0 Å². The number of fused-ring (bicyclic) bond motifs is 1. The number of nitrogens with one attached hydrogen (secondary N) is 1. The SMILES string of the molecule is C=C(Br)Cn1c(CCCCCNC(=O)C(=C)C)nc2ccccc21. The van der Waals surface area contributed by atoms with Crippen molar-refractivity contribution in [2.24, 2.45) is 0 Å². The van der Waals surface area contributed by atoms with E-state index in [1.54, 1.807) is 6.92 Å². The van der Waals surface area contributed by atoms with Gasteiger partial charge >= 0.3 is 0 Å². The predicted octanol–water partition coefficient (Wildman–Crippen LogP) is 4.35. The van der Waals surface area contributed by atoms with Crippen molar-refractivity contribution in [2.45, 2.75) is 39.2 Å². The van der Waals surface area contributed by atoms with Crippen LogP contribution in [0, 0.1) is 0 Å². The van der Waals surface area contributed by atoms with Gasteiger partial charge in [-0.1, -0.05) is 47.6 Å². The van der Waals surface area contributed by atoms with Crippen molar-refractivity contribution in [1.29, 1.82) is 0 Å². The number of nitrogens with zero attached hydrogens (tertiary/aromatic N) is 2. The summed E-state index contributed by atoms with van der Waals surface area (Å²) in [6.07, 6.45) is 3.98. The summed E-state index contributed by atoms with van der Waals surface area (Å²) in [7, 11) is 0. The molecule has 1 aromatic carbocycles. The number of carbonyl (C=O) groups excluding carboxylic acids is 1. The Morgan fingerprint density at radius 3 is 2.71 bits per heavy atom. The van der Waals surface area contributed by atoms with Crippen LogP contribution in [-0.2, 0) is 17.8 Å². The molecular formula is C19H24BrN3O. The zero-order chi connectivity index (χ0) is 17.5. The number of rotatable bonds is 9. The molecule has 0 radical (unpaired) electrons. The Morgan fingerprint density at radius 1 is 1.25 bits per heavy atom. The monoisotopic (exact) mass is 389 g/mol. The fourth-order valence-electron chi connectivity index (χ4n) is 2.60. The second-order valence-electron chi connectivity index (χ2n) is 5.97. The summed E-state index contributed by atoms with van der Waals surface area (Å²) in [4.78, 5) is 16.2. The number of benzene rings is 1. The molecule has 0 atom stereocenters. The Morgan fingerprint density at radius 2 is 2.00 bits per heavy atom. The number of para-hydroxylation sites is 2. The highest BCUT2D eigenvalue weighted by molar-refractivity contribution is 9.11. The molecule has 0 unspecified atom stereocenters. The van der Waals surface area contributed by atoms with Gasteiger partial charge in [0.05, 0.1) is 17.6 Å². The zero-order valence-electron chi connectivity index (χ0n) is 14.1. The number of aryl methyl sites for hydroxylation is 1. The minimum atomic E-state index is -0.0624. The van der Waals surface area contributed by atoms with Crippen LogP contribution >= 0.6 is 15.9 Å². The first-order valence-electron chi connectivity index (χ1n) is 8.20. The molecule has 2 rings (SSSR count). The number of halogens is 1. The number of hydrogen-bond acceptors (Lipinski definition) is 2. The first kappa shape index (κ1) is 18.5. The Hall–Kier alpha value is -1.88. The van der Waals surface area contributed by atoms with Crippen LogP contribution in [0.15, 0.2) is 47.5 Å². The molecule has 0 aliphatic carbocycles. The fourth-order valence-corrected chi connectivity index (χ4v) is 2.85. The molecule has 128 valence electrons. The Kier molecular flexibility index (Phi) is 6.79. The van der Waals surface area contributed by atoms with Gasteiger partial charge < -0.3 is 9.88 Å². The highest BCUT2D eigenvalue weighted by Crippen LogP contribution is 2.20. The van der Waals surface area contributed by atoms with E-state index in [-0.39, 0.29) is 5.91 Å². The average molecular weight is 390 g/mol. The third kappa shape index (κ3) is 5.06. The van der Waals surface area contributed by atoms with Gasteiger partial charge in [-0.2, -0.15) is 0 Å². The minimum Gasteiger partial charge on any atom is -0.352 e. The van der Waals surface area contributed by atoms with Crippen LogP contribution in [0.25, 0.3) is 11.0 Å². The standard InChI is InChI=1S/C19H24BrN3O/c1-14(2)19(24)21-12-8-4-5-11-18-22-16-9-6-7-10-17(16)23(18)13-15(3)20/h6-7,9-10H,1,3-5,8,11-13H2,2H3,(H,21,24). The van der Waals surface area contributed by atoms with E-state index in [9.17, 15) is 4.79 Å². The number of imidazole rings is 1. The van der Waals surface area contributed by atoms with E-state index < -0.39 is 0 Å². The first-order chi connectivity index (χ1) is 11.5. The van der Waals surface area contributed by atoms with Crippen LogP contribution < -0.4 is 5.32 Å². The molecule has 5 heteroatoms. The summed E-state index contributed by atoms with van der Waals surface area (Å²) < 4.78 is 3.16. The number of amides is 1. The lowest BCUT2D eigenvalue weighted by Crippen LogP contribution is -2.24. The van der Waals surface area contributed by atoms with Gasteiger partial charge in [0.25, 0.3) is 0 Å². The smallest absolute Gasteiger partial charge is 0.246 e. The Bertz CT molecular complexity index is 748. The van der Waals surface area contributed by atoms with Gasteiger partial charge in [0.1, 0.15) is 5.82 Å². The summed E-state index contributed by atoms with van der Waals surface area (Å²) in [5, 5.41) is 2.86. The number of carbonyl (C=O) groups is 1. The van der Waals surface area contributed by atoms with Crippen LogP contribution in [0.2, 0.25) is 0 Å². The summed E-state index contributed by atoms with van der Waals surface area (Å²) in [6, 6.07) is 8.18. The van der Waals surface area contributed by atoms with E-state index >= 15 is 0 Å². The number of aromatic nitrogens is 2. The van der Waals surface area contributed by atoms with E-state index in [2.05, 4.69) is 45.0 Å². The molecule has 1 N–H and O–H groups in total. The lowest BCUT2D eigenvalue weighted by Gasteiger charge is -2.08. The van der Waals surface area contributed by atoms with Crippen molar-refractivity contribution >= 4 is 32.9 Å². The van der Waals surface area contributed by atoms with Crippen molar-refractivity contribution in [2.75, 3.05) is 6.54 Å². The van der Waals surface area contributed by atoms with Gasteiger partial charge in [-0.3, -0.25) is 4.79 Å². The highest BCUT2D eigenvalue weighted by Gasteiger charge is 2.10. The van der Waals surface area contributed by atoms with Crippen LogP contribution in [-0.4, -0.2) is 22.0 Å². The maximum atomic E-state index is 11.4. The Labute approximate surface area is 151 Å². The van der Waals surface area contributed by atoms with Crippen LogP contribution in [0.4, 0.5) is 0 Å². The fraction of sp³-hybridized carbons (Fsp3) is 0.368. The maximum Gasteiger partial charge on any atom is 0.246 e.